The molecule has 1 heterocycles. The van der Waals surface area contributed by atoms with Gasteiger partial charge >= 0.3 is 0 Å². The predicted octanol–water partition coefficient (Wildman–Crippen LogP) is 3.94. The lowest BCUT2D eigenvalue weighted by atomic mass is 10.1. The summed E-state index contributed by atoms with van der Waals surface area (Å²) in [6.07, 6.45) is 1.43. The number of anilines is 2. The van der Waals surface area contributed by atoms with Crippen LogP contribution in [0.15, 0.2) is 30.3 Å². The zero-order valence-corrected chi connectivity index (χ0v) is 22.4. The molecular formula is C25H31ClN4O5S. The molecule has 0 radical (unpaired) electrons. The molecule has 1 aliphatic heterocycles. The summed E-state index contributed by atoms with van der Waals surface area (Å²) in [5.41, 5.74) is 1.81. The highest BCUT2D eigenvalue weighted by Gasteiger charge is 2.22. The van der Waals surface area contributed by atoms with Gasteiger partial charge < -0.3 is 29.3 Å². The van der Waals surface area contributed by atoms with Gasteiger partial charge in [-0.15, -0.1) is 0 Å². The van der Waals surface area contributed by atoms with Crippen molar-refractivity contribution in [3.05, 3.63) is 40.9 Å². The molecule has 11 heteroatoms. The van der Waals surface area contributed by atoms with Crippen molar-refractivity contribution in [2.24, 2.45) is 0 Å². The number of hydrogen-bond donors (Lipinski definition) is 2. The first-order valence-corrected chi connectivity index (χ1v) is 12.3. The number of carbonyl (C=O) groups excluding carboxylic acids is 2. The van der Waals surface area contributed by atoms with Gasteiger partial charge in [-0.05, 0) is 49.0 Å². The van der Waals surface area contributed by atoms with Crippen LogP contribution >= 0.6 is 23.8 Å². The summed E-state index contributed by atoms with van der Waals surface area (Å²) in [6.45, 7) is 4.78. The molecule has 194 valence electrons. The van der Waals surface area contributed by atoms with E-state index in [1.807, 2.05) is 24.0 Å². The minimum absolute atomic E-state index is 0.112. The monoisotopic (exact) mass is 534 g/mol. The molecule has 1 aliphatic rings. The maximum absolute atomic E-state index is 12.8. The molecule has 0 saturated carbocycles. The molecule has 0 unspecified atom stereocenters. The number of hydrogen-bond acceptors (Lipinski definition) is 7. The predicted molar refractivity (Wildman–Crippen MR) is 145 cm³/mol. The number of methoxy groups -OCH3 is 3. The Morgan fingerprint density at radius 1 is 1.00 bits per heavy atom. The molecule has 0 aromatic heterocycles. The molecular weight excluding hydrogens is 504 g/mol. The van der Waals surface area contributed by atoms with Crippen molar-refractivity contribution in [3.8, 4) is 17.2 Å². The standard InChI is InChI=1S/C25H31ClN4O5S/c1-5-6-22(31)30-11-9-29(10-12-30)19-8-7-17(15-18(19)26)27-25(36)28-24(32)16-13-20(33-2)23(35-4)21(14-16)34-3/h7-8,13-15H,5-6,9-12H2,1-4H3,(H2,27,28,32,36). The number of thiocarbonyl (C=S) groups is 1. The van der Waals surface area contributed by atoms with Gasteiger partial charge in [0.25, 0.3) is 5.91 Å². The first kappa shape index (κ1) is 27.3. The third kappa shape index (κ3) is 6.50. The lowest BCUT2D eigenvalue weighted by molar-refractivity contribution is -0.131. The highest BCUT2D eigenvalue weighted by Crippen LogP contribution is 2.38. The van der Waals surface area contributed by atoms with Gasteiger partial charge in [0.05, 0.1) is 32.0 Å². The number of nitrogens with zero attached hydrogens (tertiary/aromatic N) is 2. The molecule has 36 heavy (non-hydrogen) atoms. The van der Waals surface area contributed by atoms with Crippen molar-refractivity contribution in [2.45, 2.75) is 19.8 Å². The van der Waals surface area contributed by atoms with E-state index in [0.717, 1.165) is 12.1 Å². The van der Waals surface area contributed by atoms with Crippen LogP contribution in [0.5, 0.6) is 17.2 Å². The number of rotatable bonds is 8. The third-order valence-corrected chi connectivity index (χ3v) is 6.30. The quantitative estimate of drug-likeness (QED) is 0.492. The van der Waals surface area contributed by atoms with Crippen LogP contribution in [0.1, 0.15) is 30.1 Å². The lowest BCUT2D eigenvalue weighted by Crippen LogP contribution is -2.48. The first-order valence-electron chi connectivity index (χ1n) is 11.6. The SMILES string of the molecule is CCCC(=O)N1CCN(c2ccc(NC(=S)NC(=O)c3cc(OC)c(OC)c(OC)c3)cc2Cl)CC1. The van der Waals surface area contributed by atoms with Crippen molar-refractivity contribution in [1.29, 1.82) is 0 Å². The van der Waals surface area contributed by atoms with Crippen LogP contribution in [0.25, 0.3) is 0 Å². The average Bonchev–Trinajstić information content (AvgIpc) is 2.88. The van der Waals surface area contributed by atoms with Crippen LogP contribution in [-0.4, -0.2) is 69.3 Å². The van der Waals surface area contributed by atoms with Gasteiger partial charge in [-0.2, -0.15) is 0 Å². The van der Waals surface area contributed by atoms with Gasteiger partial charge in [0.15, 0.2) is 16.6 Å². The van der Waals surface area contributed by atoms with Crippen LogP contribution in [0.3, 0.4) is 0 Å². The molecule has 2 amide bonds. The fraction of sp³-hybridized carbons (Fsp3) is 0.400. The summed E-state index contributed by atoms with van der Waals surface area (Å²) in [4.78, 5) is 29.0. The zero-order chi connectivity index (χ0) is 26.2. The molecule has 1 fully saturated rings. The molecule has 2 aromatic rings. The molecule has 0 bridgehead atoms. The molecule has 1 saturated heterocycles. The van der Waals surface area contributed by atoms with Crippen LogP contribution in [0, 0.1) is 0 Å². The van der Waals surface area contributed by atoms with E-state index in [4.69, 9.17) is 38.0 Å². The maximum atomic E-state index is 12.8. The van der Waals surface area contributed by atoms with Crippen LogP contribution < -0.4 is 29.7 Å². The van der Waals surface area contributed by atoms with E-state index in [9.17, 15) is 9.59 Å². The molecule has 2 N–H and O–H groups in total. The summed E-state index contributed by atoms with van der Waals surface area (Å²) < 4.78 is 15.9. The third-order valence-electron chi connectivity index (χ3n) is 5.80. The summed E-state index contributed by atoms with van der Waals surface area (Å²) in [5, 5.41) is 6.29. The van der Waals surface area contributed by atoms with Crippen LogP contribution in [0.4, 0.5) is 11.4 Å². The highest BCUT2D eigenvalue weighted by molar-refractivity contribution is 7.80. The van der Waals surface area contributed by atoms with Crippen LogP contribution in [-0.2, 0) is 4.79 Å². The minimum Gasteiger partial charge on any atom is -0.493 e. The Balaban J connectivity index is 1.61. The number of piperazine rings is 1. The van der Waals surface area contributed by atoms with E-state index in [0.29, 0.717) is 66.1 Å². The minimum atomic E-state index is -0.440. The fourth-order valence-corrected chi connectivity index (χ4v) is 4.47. The van der Waals surface area contributed by atoms with E-state index < -0.39 is 5.91 Å². The lowest BCUT2D eigenvalue weighted by Gasteiger charge is -2.36. The number of nitrogens with one attached hydrogen (secondary N) is 2. The van der Waals surface area contributed by atoms with Crippen molar-refractivity contribution >= 4 is 52.1 Å². The number of halogens is 1. The average molecular weight is 535 g/mol. The second-order valence-corrected chi connectivity index (χ2v) is 8.92. The van der Waals surface area contributed by atoms with Crippen molar-refractivity contribution in [1.82, 2.24) is 10.2 Å². The number of amides is 2. The van der Waals surface area contributed by atoms with Crippen LogP contribution in [0.2, 0.25) is 5.02 Å². The summed E-state index contributed by atoms with van der Waals surface area (Å²) in [5.74, 6) is 0.869. The second kappa shape index (κ2) is 12.6. The van der Waals surface area contributed by atoms with Gasteiger partial charge in [-0.25, -0.2) is 0 Å². The Bertz CT molecular complexity index is 1100. The van der Waals surface area contributed by atoms with Gasteiger partial charge in [-0.3, -0.25) is 14.9 Å². The second-order valence-electron chi connectivity index (χ2n) is 8.11. The topological polar surface area (TPSA) is 92.4 Å². The Morgan fingerprint density at radius 2 is 1.64 bits per heavy atom. The van der Waals surface area contributed by atoms with Crippen molar-refractivity contribution < 1.29 is 23.8 Å². The fourth-order valence-electron chi connectivity index (χ4n) is 3.96. The van der Waals surface area contributed by atoms with Crippen molar-refractivity contribution in [2.75, 3.05) is 57.7 Å². The van der Waals surface area contributed by atoms with E-state index in [-0.39, 0.29) is 11.0 Å². The summed E-state index contributed by atoms with van der Waals surface area (Å²) >= 11 is 11.9. The Kier molecular flexibility index (Phi) is 9.60. The van der Waals surface area contributed by atoms with Gasteiger partial charge in [0, 0.05) is 43.9 Å². The summed E-state index contributed by atoms with van der Waals surface area (Å²) in [6, 6.07) is 8.58. The number of benzene rings is 2. The zero-order valence-electron chi connectivity index (χ0n) is 20.9. The number of carbonyl (C=O) groups is 2. The smallest absolute Gasteiger partial charge is 0.257 e. The molecule has 0 atom stereocenters. The summed E-state index contributed by atoms with van der Waals surface area (Å²) in [7, 11) is 4.44. The molecule has 0 aliphatic carbocycles. The van der Waals surface area contributed by atoms with E-state index in [1.54, 1.807) is 18.2 Å². The van der Waals surface area contributed by atoms with Crippen molar-refractivity contribution in [3.63, 3.8) is 0 Å². The Hall–Kier alpha value is -3.24. The normalized spacial score (nSPS) is 13.1. The van der Waals surface area contributed by atoms with Gasteiger partial charge in [-0.1, -0.05) is 18.5 Å². The maximum Gasteiger partial charge on any atom is 0.257 e. The number of ether oxygens (including phenoxy) is 3. The van der Waals surface area contributed by atoms with E-state index >= 15 is 0 Å². The van der Waals surface area contributed by atoms with E-state index in [2.05, 4.69) is 15.5 Å². The van der Waals surface area contributed by atoms with E-state index in [1.165, 1.54) is 21.3 Å². The molecule has 9 nitrogen and oxygen atoms in total. The Labute approximate surface area is 221 Å². The highest BCUT2D eigenvalue weighted by atomic mass is 35.5. The Morgan fingerprint density at radius 3 is 2.17 bits per heavy atom. The van der Waals surface area contributed by atoms with Gasteiger partial charge in [0.2, 0.25) is 11.7 Å². The van der Waals surface area contributed by atoms with Gasteiger partial charge in [0.1, 0.15) is 0 Å². The molecule has 3 rings (SSSR count). The first-order chi connectivity index (χ1) is 17.3. The largest absolute Gasteiger partial charge is 0.493 e. The molecule has 0 spiro atoms. The molecule has 2 aromatic carbocycles.